The van der Waals surface area contributed by atoms with Crippen LogP contribution in [0.25, 0.3) is 0 Å². The van der Waals surface area contributed by atoms with E-state index >= 15 is 0 Å². The number of nitrogens with zero attached hydrogens (tertiary/aromatic N) is 2. The van der Waals surface area contributed by atoms with Crippen molar-refractivity contribution in [2.24, 2.45) is 0 Å². The normalized spacial score (nSPS) is 18.7. The molecule has 1 aromatic carbocycles. The van der Waals surface area contributed by atoms with Gasteiger partial charge in [0.2, 0.25) is 0 Å². The Hall–Kier alpha value is -2.15. The van der Waals surface area contributed by atoms with Crippen LogP contribution < -0.4 is 10.1 Å². The fourth-order valence-electron chi connectivity index (χ4n) is 2.26. The smallest absolute Gasteiger partial charge is 0.310 e. The van der Waals surface area contributed by atoms with Gasteiger partial charge in [0, 0.05) is 43.4 Å². The molecule has 20 heavy (non-hydrogen) atoms. The Morgan fingerprint density at radius 3 is 2.90 bits per heavy atom. The number of ether oxygens (including phenoxy) is 1. The van der Waals surface area contributed by atoms with Gasteiger partial charge in [0.05, 0.1) is 12.0 Å². The number of rotatable bonds is 3. The van der Waals surface area contributed by atoms with Crippen LogP contribution in [0, 0.1) is 10.1 Å². The minimum atomic E-state index is -0.528. The first-order valence-corrected chi connectivity index (χ1v) is 6.38. The summed E-state index contributed by atoms with van der Waals surface area (Å²) in [6.45, 7) is 4.01. The Morgan fingerprint density at radius 1 is 1.55 bits per heavy atom. The van der Waals surface area contributed by atoms with Crippen LogP contribution in [0.2, 0.25) is 0 Å². The average Bonchev–Trinajstić information content (AvgIpc) is 2.45. The van der Waals surface area contributed by atoms with Crippen molar-refractivity contribution in [2.75, 3.05) is 26.7 Å². The van der Waals surface area contributed by atoms with Crippen LogP contribution in [0.4, 0.5) is 5.69 Å². The molecule has 1 saturated heterocycles. The largest absolute Gasteiger partial charge is 0.490 e. The van der Waals surface area contributed by atoms with Crippen LogP contribution in [0.3, 0.4) is 0 Å². The fourth-order valence-corrected chi connectivity index (χ4v) is 2.26. The van der Waals surface area contributed by atoms with E-state index in [1.807, 2.05) is 6.92 Å². The summed E-state index contributed by atoms with van der Waals surface area (Å²) in [6, 6.07) is 4.44. The zero-order valence-electron chi connectivity index (χ0n) is 11.5. The van der Waals surface area contributed by atoms with Gasteiger partial charge in [-0.15, -0.1) is 0 Å². The molecule has 0 spiro atoms. The third-order valence-corrected chi connectivity index (χ3v) is 3.28. The molecule has 108 valence electrons. The van der Waals surface area contributed by atoms with Crippen LogP contribution in [0.1, 0.15) is 17.3 Å². The van der Waals surface area contributed by atoms with Crippen molar-refractivity contribution in [1.29, 1.82) is 0 Å². The molecular weight excluding hydrogens is 262 g/mol. The Morgan fingerprint density at radius 2 is 2.30 bits per heavy atom. The molecule has 1 N–H and O–H groups in total. The van der Waals surface area contributed by atoms with Crippen molar-refractivity contribution in [3.05, 3.63) is 33.9 Å². The predicted molar refractivity (Wildman–Crippen MR) is 73.0 cm³/mol. The van der Waals surface area contributed by atoms with E-state index in [2.05, 4.69) is 5.32 Å². The highest BCUT2D eigenvalue weighted by Crippen LogP contribution is 2.28. The van der Waals surface area contributed by atoms with Gasteiger partial charge in [-0.3, -0.25) is 14.9 Å². The van der Waals surface area contributed by atoms with Crippen LogP contribution in [-0.4, -0.2) is 48.5 Å². The number of nitro groups is 1. The lowest BCUT2D eigenvalue weighted by Gasteiger charge is -2.32. The standard InChI is InChI=1S/C13H17N3O4/c1-9-8-15(6-5-14-9)13(17)10-3-4-11(16(18)19)12(7-10)20-2/h3-4,7,9,14H,5-6,8H2,1-2H3. The van der Waals surface area contributed by atoms with Crippen molar-refractivity contribution in [3.63, 3.8) is 0 Å². The molecule has 7 heteroatoms. The van der Waals surface area contributed by atoms with E-state index in [0.29, 0.717) is 18.7 Å². The quantitative estimate of drug-likeness (QED) is 0.660. The number of hydrogen-bond donors (Lipinski definition) is 1. The summed E-state index contributed by atoms with van der Waals surface area (Å²) in [7, 11) is 1.35. The van der Waals surface area contributed by atoms with E-state index in [1.165, 1.54) is 25.3 Å². The fraction of sp³-hybridized carbons (Fsp3) is 0.462. The van der Waals surface area contributed by atoms with E-state index < -0.39 is 4.92 Å². The average molecular weight is 279 g/mol. The third-order valence-electron chi connectivity index (χ3n) is 3.28. The van der Waals surface area contributed by atoms with Crippen molar-refractivity contribution in [1.82, 2.24) is 10.2 Å². The first-order valence-electron chi connectivity index (χ1n) is 6.38. The molecule has 1 aromatic rings. The molecular formula is C13H17N3O4. The summed E-state index contributed by atoms with van der Waals surface area (Å²) in [5.41, 5.74) is 0.263. The highest BCUT2D eigenvalue weighted by atomic mass is 16.6. The van der Waals surface area contributed by atoms with Crippen molar-refractivity contribution in [3.8, 4) is 5.75 Å². The molecule has 0 aliphatic carbocycles. The SMILES string of the molecule is COc1cc(C(=O)N2CCNC(C)C2)ccc1[N+](=O)[O-]. The maximum absolute atomic E-state index is 12.4. The molecule has 1 amide bonds. The van der Waals surface area contributed by atoms with Gasteiger partial charge < -0.3 is 15.0 Å². The number of methoxy groups -OCH3 is 1. The summed E-state index contributed by atoms with van der Waals surface area (Å²) in [4.78, 5) is 24.4. The Balaban J connectivity index is 2.24. The summed E-state index contributed by atoms with van der Waals surface area (Å²) < 4.78 is 4.98. The number of amides is 1. The summed E-state index contributed by atoms with van der Waals surface area (Å²) in [5, 5.41) is 14.1. The molecule has 1 aliphatic heterocycles. The number of benzene rings is 1. The number of piperazine rings is 1. The van der Waals surface area contributed by atoms with Crippen molar-refractivity contribution >= 4 is 11.6 Å². The van der Waals surface area contributed by atoms with Crippen LogP contribution in [0.5, 0.6) is 5.75 Å². The monoisotopic (exact) mass is 279 g/mol. The van der Waals surface area contributed by atoms with E-state index in [-0.39, 0.29) is 23.4 Å². The molecule has 0 saturated carbocycles. The van der Waals surface area contributed by atoms with Crippen molar-refractivity contribution in [2.45, 2.75) is 13.0 Å². The maximum atomic E-state index is 12.4. The van der Waals surface area contributed by atoms with Gasteiger partial charge in [-0.05, 0) is 13.0 Å². The van der Waals surface area contributed by atoms with E-state index in [9.17, 15) is 14.9 Å². The van der Waals surface area contributed by atoms with Gasteiger partial charge in [-0.25, -0.2) is 0 Å². The number of hydrogen-bond acceptors (Lipinski definition) is 5. The lowest BCUT2D eigenvalue weighted by atomic mass is 10.1. The van der Waals surface area contributed by atoms with Gasteiger partial charge in [0.1, 0.15) is 0 Å². The second kappa shape index (κ2) is 5.87. The van der Waals surface area contributed by atoms with Gasteiger partial charge in [0.25, 0.3) is 5.91 Å². The molecule has 1 fully saturated rings. The molecule has 0 aromatic heterocycles. The minimum absolute atomic E-state index is 0.101. The molecule has 0 radical (unpaired) electrons. The molecule has 7 nitrogen and oxygen atoms in total. The Kier molecular flexibility index (Phi) is 4.19. The molecule has 2 rings (SSSR count). The zero-order valence-corrected chi connectivity index (χ0v) is 11.5. The summed E-state index contributed by atoms with van der Waals surface area (Å²) in [5.74, 6) is -0.0319. The van der Waals surface area contributed by atoms with E-state index in [0.717, 1.165) is 6.54 Å². The van der Waals surface area contributed by atoms with Gasteiger partial charge in [-0.1, -0.05) is 0 Å². The summed E-state index contributed by atoms with van der Waals surface area (Å²) >= 11 is 0. The molecule has 1 atom stereocenters. The number of nitrogens with one attached hydrogen (secondary N) is 1. The van der Waals surface area contributed by atoms with Crippen LogP contribution >= 0.6 is 0 Å². The lowest BCUT2D eigenvalue weighted by Crippen LogP contribution is -2.51. The second-order valence-corrected chi connectivity index (χ2v) is 4.75. The topological polar surface area (TPSA) is 84.7 Å². The van der Waals surface area contributed by atoms with Crippen LogP contribution in [-0.2, 0) is 0 Å². The van der Waals surface area contributed by atoms with Crippen LogP contribution in [0.15, 0.2) is 18.2 Å². The highest BCUT2D eigenvalue weighted by Gasteiger charge is 2.24. The molecule has 0 bridgehead atoms. The van der Waals surface area contributed by atoms with Gasteiger partial charge in [0.15, 0.2) is 5.75 Å². The Bertz CT molecular complexity index is 532. The minimum Gasteiger partial charge on any atom is -0.490 e. The first-order chi connectivity index (χ1) is 9.52. The number of carbonyl (C=O) groups is 1. The molecule has 1 heterocycles. The van der Waals surface area contributed by atoms with Crippen molar-refractivity contribution < 1.29 is 14.5 Å². The van der Waals surface area contributed by atoms with E-state index in [1.54, 1.807) is 4.90 Å². The maximum Gasteiger partial charge on any atom is 0.310 e. The van der Waals surface area contributed by atoms with E-state index in [4.69, 9.17) is 4.74 Å². The Labute approximate surface area is 116 Å². The predicted octanol–water partition coefficient (Wildman–Crippen LogP) is 1.04. The number of nitro benzene ring substituents is 1. The zero-order chi connectivity index (χ0) is 14.7. The van der Waals surface area contributed by atoms with Gasteiger partial charge >= 0.3 is 5.69 Å². The highest BCUT2D eigenvalue weighted by molar-refractivity contribution is 5.95. The first kappa shape index (κ1) is 14.3. The number of carbonyl (C=O) groups excluding carboxylic acids is 1. The molecule has 1 aliphatic rings. The summed E-state index contributed by atoms with van der Waals surface area (Å²) in [6.07, 6.45) is 0. The van der Waals surface area contributed by atoms with Gasteiger partial charge in [-0.2, -0.15) is 0 Å². The third kappa shape index (κ3) is 2.88. The second-order valence-electron chi connectivity index (χ2n) is 4.75. The molecule has 1 unspecified atom stereocenters. The lowest BCUT2D eigenvalue weighted by molar-refractivity contribution is -0.385.